The van der Waals surface area contributed by atoms with Crippen molar-refractivity contribution in [2.75, 3.05) is 6.61 Å². The molecule has 43 heavy (non-hydrogen) atoms. The molecule has 5 aliphatic rings. The first-order valence-electron chi connectivity index (χ1n) is 16.4. The van der Waals surface area contributed by atoms with Gasteiger partial charge >= 0.3 is 12.1 Å². The Hall–Kier alpha value is -1.98. The molecule has 5 aliphatic carbocycles. The van der Waals surface area contributed by atoms with E-state index in [1.807, 2.05) is 4.72 Å². The van der Waals surface area contributed by atoms with Crippen molar-refractivity contribution in [3.8, 4) is 6.01 Å². The second-order valence-corrected chi connectivity index (χ2v) is 16.5. The van der Waals surface area contributed by atoms with Crippen molar-refractivity contribution in [1.82, 2.24) is 14.7 Å². The van der Waals surface area contributed by atoms with E-state index in [-0.39, 0.29) is 64.4 Å². The second-order valence-electron chi connectivity index (χ2n) is 14.8. The molecule has 0 aliphatic heterocycles. The molecule has 0 spiro atoms. The van der Waals surface area contributed by atoms with Gasteiger partial charge in [0.15, 0.2) is 0 Å². The number of fused-ring (bicyclic) bond motifs is 5. The SMILES string of the molecule is CC[C@H]1[C@@H](O)[C@@H]2[C@H](CC[C@]3(C)[C@@H]([C@H](C)COC(=O)NS(=O)(=O)c4cnc(OC5CC5)nc4)CC[C@@H]23)[C@@]2(C)CC[C@@H](O)C[C@@H]12. The van der Waals surface area contributed by atoms with Crippen LogP contribution in [0.3, 0.4) is 0 Å². The summed E-state index contributed by atoms with van der Waals surface area (Å²) in [6, 6.07) is 0.118. The average molecular weight is 620 g/mol. The molecule has 240 valence electrons. The lowest BCUT2D eigenvalue weighted by Crippen LogP contribution is -2.62. The predicted octanol–water partition coefficient (Wildman–Crippen LogP) is 4.70. The number of hydrogen-bond donors (Lipinski definition) is 3. The predicted molar refractivity (Wildman–Crippen MR) is 158 cm³/mol. The maximum absolute atomic E-state index is 12.7. The van der Waals surface area contributed by atoms with Crippen LogP contribution in [-0.4, -0.2) is 59.6 Å². The lowest BCUT2D eigenvalue weighted by Gasteiger charge is -2.64. The fourth-order valence-electron chi connectivity index (χ4n) is 10.3. The van der Waals surface area contributed by atoms with Crippen molar-refractivity contribution in [2.45, 2.75) is 115 Å². The van der Waals surface area contributed by atoms with Crippen LogP contribution in [0.1, 0.15) is 91.9 Å². The maximum Gasteiger partial charge on any atom is 0.421 e. The summed E-state index contributed by atoms with van der Waals surface area (Å²) in [5.41, 5.74) is 0.169. The Labute approximate surface area is 255 Å². The molecule has 11 atom stereocenters. The van der Waals surface area contributed by atoms with Crippen LogP contribution in [-0.2, 0) is 14.8 Å². The summed E-state index contributed by atoms with van der Waals surface area (Å²) >= 11 is 0. The third-order valence-corrected chi connectivity index (χ3v) is 13.8. The van der Waals surface area contributed by atoms with Gasteiger partial charge in [-0.2, -0.15) is 0 Å². The lowest BCUT2D eigenvalue weighted by atomic mass is 9.41. The number of nitrogens with one attached hydrogen (secondary N) is 1. The highest BCUT2D eigenvalue weighted by atomic mass is 32.2. The van der Waals surface area contributed by atoms with Gasteiger partial charge in [0, 0.05) is 0 Å². The number of carbonyl (C=O) groups excluding carboxylic acids is 1. The van der Waals surface area contributed by atoms with E-state index in [9.17, 15) is 23.4 Å². The van der Waals surface area contributed by atoms with Gasteiger partial charge in [-0.25, -0.2) is 27.9 Å². The van der Waals surface area contributed by atoms with Crippen LogP contribution >= 0.6 is 0 Å². The molecule has 0 radical (unpaired) electrons. The summed E-state index contributed by atoms with van der Waals surface area (Å²) in [6.45, 7) is 9.20. The van der Waals surface area contributed by atoms with Crippen LogP contribution in [0, 0.1) is 52.3 Å². The summed E-state index contributed by atoms with van der Waals surface area (Å²) in [5.74, 6) is 2.02. The fourth-order valence-corrected chi connectivity index (χ4v) is 11.1. The number of ether oxygens (including phenoxy) is 2. The number of nitrogens with zero attached hydrogens (tertiary/aromatic N) is 2. The molecule has 1 aromatic rings. The Morgan fingerprint density at radius 1 is 1.02 bits per heavy atom. The van der Waals surface area contributed by atoms with Gasteiger partial charge in [0.1, 0.15) is 11.0 Å². The molecular formula is C32H49N3O7S. The van der Waals surface area contributed by atoms with Gasteiger partial charge in [0.2, 0.25) is 0 Å². The van der Waals surface area contributed by atoms with Gasteiger partial charge in [-0.3, -0.25) is 0 Å². The third kappa shape index (κ3) is 5.56. The Balaban J connectivity index is 1.09. The van der Waals surface area contributed by atoms with E-state index < -0.39 is 16.1 Å². The van der Waals surface area contributed by atoms with E-state index in [2.05, 4.69) is 37.7 Å². The third-order valence-electron chi connectivity index (χ3n) is 12.6. The van der Waals surface area contributed by atoms with E-state index in [0.29, 0.717) is 23.7 Å². The number of aliphatic hydroxyl groups is 2. The Morgan fingerprint density at radius 2 is 1.70 bits per heavy atom. The normalized spacial score (nSPS) is 41.3. The zero-order valence-electron chi connectivity index (χ0n) is 25.9. The van der Waals surface area contributed by atoms with E-state index in [0.717, 1.165) is 76.6 Å². The zero-order valence-corrected chi connectivity index (χ0v) is 26.8. The topological polar surface area (TPSA) is 148 Å². The number of sulfonamides is 1. The molecule has 1 heterocycles. The highest BCUT2D eigenvalue weighted by Gasteiger charge is 2.65. The summed E-state index contributed by atoms with van der Waals surface area (Å²) in [6.07, 6.45) is 10.4. The molecule has 0 aromatic carbocycles. The number of aromatic nitrogens is 2. The molecule has 3 N–H and O–H groups in total. The van der Waals surface area contributed by atoms with Crippen molar-refractivity contribution in [2.24, 2.45) is 52.3 Å². The molecule has 6 rings (SSSR count). The Kier molecular flexibility index (Phi) is 8.24. The van der Waals surface area contributed by atoms with Crippen molar-refractivity contribution < 1.29 is 32.9 Å². The molecule has 0 saturated heterocycles. The monoisotopic (exact) mass is 619 g/mol. The standard InChI is InChI=1S/C32H49N3O7S/c1-5-22-26-14-19(36)10-12-32(26,4)25-11-13-31(3)23(8-9-24(31)27(25)28(22)37)18(2)17-41-30(38)35-43(39,40)21-15-33-29(34-16-21)42-20-6-7-20/h15-16,18-20,22-28,36-37H,5-14,17H2,1-4H3,(H,35,38)/t18-,19-,22-,23-,24+,25+,26+,27+,28-,31-,32-/m1/s1. The molecule has 10 nitrogen and oxygen atoms in total. The first kappa shape index (κ1) is 31.0. The minimum atomic E-state index is -4.18. The molecule has 5 saturated carbocycles. The molecular weight excluding hydrogens is 570 g/mol. The molecule has 0 bridgehead atoms. The Morgan fingerprint density at radius 3 is 2.37 bits per heavy atom. The van der Waals surface area contributed by atoms with Crippen molar-refractivity contribution in [3.05, 3.63) is 12.4 Å². The van der Waals surface area contributed by atoms with Gasteiger partial charge in [0.05, 0.1) is 31.2 Å². The summed E-state index contributed by atoms with van der Waals surface area (Å²) in [5, 5.41) is 22.4. The molecule has 0 unspecified atom stereocenters. The molecule has 1 amide bonds. The smallest absolute Gasteiger partial charge is 0.421 e. The number of carbonyl (C=O) groups is 1. The highest BCUT2D eigenvalue weighted by Crippen LogP contribution is 2.69. The van der Waals surface area contributed by atoms with Gasteiger partial charge < -0.3 is 19.7 Å². The first-order valence-corrected chi connectivity index (χ1v) is 17.9. The fraction of sp³-hybridized carbons (Fsp3) is 0.844. The van der Waals surface area contributed by atoms with Crippen LogP contribution < -0.4 is 9.46 Å². The van der Waals surface area contributed by atoms with Crippen molar-refractivity contribution in [1.29, 1.82) is 0 Å². The maximum atomic E-state index is 12.7. The van der Waals surface area contributed by atoms with E-state index in [1.54, 1.807) is 0 Å². The first-order chi connectivity index (χ1) is 20.4. The second kappa shape index (κ2) is 11.4. The lowest BCUT2D eigenvalue weighted by molar-refractivity contribution is -0.203. The van der Waals surface area contributed by atoms with Crippen molar-refractivity contribution >= 4 is 16.1 Å². The minimum absolute atomic E-state index is 0.0186. The average Bonchev–Trinajstić information content (AvgIpc) is 3.71. The van der Waals surface area contributed by atoms with Crippen LogP contribution in [0.15, 0.2) is 17.3 Å². The van der Waals surface area contributed by atoms with E-state index in [4.69, 9.17) is 9.47 Å². The number of aliphatic hydroxyl groups excluding tert-OH is 2. The number of hydrogen-bond acceptors (Lipinski definition) is 9. The summed E-state index contributed by atoms with van der Waals surface area (Å²) in [4.78, 5) is 20.3. The van der Waals surface area contributed by atoms with Gasteiger partial charge in [-0.15, -0.1) is 0 Å². The zero-order chi connectivity index (χ0) is 30.7. The Bertz CT molecular complexity index is 1290. The van der Waals surface area contributed by atoms with Crippen LogP contribution in [0.5, 0.6) is 6.01 Å². The minimum Gasteiger partial charge on any atom is -0.460 e. The largest absolute Gasteiger partial charge is 0.460 e. The quantitative estimate of drug-likeness (QED) is 0.377. The molecule has 1 aromatic heterocycles. The van der Waals surface area contributed by atoms with Gasteiger partial charge in [-0.05, 0) is 110 Å². The molecule has 11 heteroatoms. The van der Waals surface area contributed by atoms with Crippen LogP contribution in [0.25, 0.3) is 0 Å². The van der Waals surface area contributed by atoms with Crippen LogP contribution in [0.4, 0.5) is 4.79 Å². The summed E-state index contributed by atoms with van der Waals surface area (Å²) < 4.78 is 38.4. The molecule has 5 fully saturated rings. The summed E-state index contributed by atoms with van der Waals surface area (Å²) in [7, 11) is -4.18. The highest BCUT2D eigenvalue weighted by molar-refractivity contribution is 7.90. The van der Waals surface area contributed by atoms with E-state index >= 15 is 0 Å². The van der Waals surface area contributed by atoms with E-state index in [1.165, 1.54) is 0 Å². The van der Waals surface area contributed by atoms with Gasteiger partial charge in [-0.1, -0.05) is 34.1 Å². The number of rotatable bonds is 8. The van der Waals surface area contributed by atoms with Gasteiger partial charge in [0.25, 0.3) is 10.0 Å². The van der Waals surface area contributed by atoms with Crippen molar-refractivity contribution in [3.63, 3.8) is 0 Å². The number of amides is 1. The van der Waals surface area contributed by atoms with Crippen LogP contribution in [0.2, 0.25) is 0 Å².